The molecule has 1 amide bonds. The first-order chi connectivity index (χ1) is 16.4. The number of Topliss-reactive ketones (excluding diaryl/α,β-unsaturated/α-hetero) is 1. The zero-order chi connectivity index (χ0) is 24.4. The number of hydrogen-bond donors (Lipinski definition) is 1. The number of methoxy groups -OCH3 is 1. The molecular weight excluding hydrogens is 456 g/mol. The first-order valence-corrected chi connectivity index (χ1v) is 11.3. The van der Waals surface area contributed by atoms with Crippen LogP contribution in [0.15, 0.2) is 60.2 Å². The second kappa shape index (κ2) is 9.48. The number of rotatable bonds is 6. The summed E-state index contributed by atoms with van der Waals surface area (Å²) < 4.78 is 10.2. The van der Waals surface area contributed by atoms with Gasteiger partial charge in [-0.25, -0.2) is 9.78 Å². The fourth-order valence-corrected chi connectivity index (χ4v) is 4.74. The van der Waals surface area contributed by atoms with E-state index in [0.29, 0.717) is 22.6 Å². The molecule has 34 heavy (non-hydrogen) atoms. The number of amides is 1. The first kappa shape index (κ1) is 23.2. The van der Waals surface area contributed by atoms with Crippen LogP contribution in [0.1, 0.15) is 39.5 Å². The van der Waals surface area contributed by atoms with Crippen LogP contribution in [0.2, 0.25) is 0 Å². The molecule has 9 heteroatoms. The summed E-state index contributed by atoms with van der Waals surface area (Å²) in [6.07, 6.45) is 0. The second-order valence-corrected chi connectivity index (χ2v) is 8.42. The van der Waals surface area contributed by atoms with Gasteiger partial charge in [0.25, 0.3) is 5.78 Å². The average molecular weight is 479 g/mol. The summed E-state index contributed by atoms with van der Waals surface area (Å²) in [5.41, 5.74) is 1.30. The lowest BCUT2D eigenvalue weighted by atomic mass is 9.95. The highest BCUT2D eigenvalue weighted by Gasteiger charge is 2.48. The Balaban J connectivity index is 1.88. The lowest BCUT2D eigenvalue weighted by Crippen LogP contribution is -2.29. The third-order valence-corrected chi connectivity index (χ3v) is 6.51. The SMILES string of the molecule is CCOC(=O)c1sc(N2C(=O)C(=O)C(=C(O)c3ccc(OC)cc3)C2c2ccccc2)nc1C. The molecule has 2 heterocycles. The maximum atomic E-state index is 13.2. The summed E-state index contributed by atoms with van der Waals surface area (Å²) in [6.45, 7) is 3.53. The third kappa shape index (κ3) is 4.06. The fraction of sp³-hybridized carbons (Fsp3) is 0.200. The third-order valence-electron chi connectivity index (χ3n) is 5.38. The molecule has 174 valence electrons. The van der Waals surface area contributed by atoms with Gasteiger partial charge < -0.3 is 14.6 Å². The van der Waals surface area contributed by atoms with Crippen molar-refractivity contribution in [1.29, 1.82) is 0 Å². The number of benzene rings is 2. The molecule has 1 atom stereocenters. The molecule has 0 bridgehead atoms. The first-order valence-electron chi connectivity index (χ1n) is 10.5. The van der Waals surface area contributed by atoms with E-state index >= 15 is 0 Å². The van der Waals surface area contributed by atoms with Crippen molar-refractivity contribution in [3.63, 3.8) is 0 Å². The van der Waals surface area contributed by atoms with Crippen LogP contribution < -0.4 is 9.64 Å². The normalized spacial score (nSPS) is 17.1. The predicted molar refractivity (Wildman–Crippen MR) is 127 cm³/mol. The van der Waals surface area contributed by atoms with E-state index in [1.54, 1.807) is 62.4 Å². The summed E-state index contributed by atoms with van der Waals surface area (Å²) in [5.74, 6) is -1.95. The molecule has 1 saturated heterocycles. The van der Waals surface area contributed by atoms with E-state index in [4.69, 9.17) is 9.47 Å². The van der Waals surface area contributed by atoms with Crippen molar-refractivity contribution >= 4 is 39.9 Å². The van der Waals surface area contributed by atoms with E-state index in [2.05, 4.69) is 4.98 Å². The predicted octanol–water partition coefficient (Wildman–Crippen LogP) is 4.26. The molecule has 1 fully saturated rings. The average Bonchev–Trinajstić information content (AvgIpc) is 3.36. The standard InChI is InChI=1S/C25H22N2O6S/c1-4-33-24(31)22-14(2)26-25(34-22)27-19(15-8-6-5-7-9-15)18(21(29)23(27)30)20(28)16-10-12-17(32-3)13-11-16/h5-13,19,28H,4H2,1-3H3. The maximum Gasteiger partial charge on any atom is 0.350 e. The number of hydrogen-bond acceptors (Lipinski definition) is 8. The molecule has 2 aromatic carbocycles. The molecule has 1 aliphatic heterocycles. The van der Waals surface area contributed by atoms with Gasteiger partial charge in [0.1, 0.15) is 16.4 Å². The highest BCUT2D eigenvalue weighted by atomic mass is 32.1. The Hall–Kier alpha value is -3.98. The molecular formula is C25H22N2O6S. The zero-order valence-corrected chi connectivity index (χ0v) is 19.6. The molecule has 0 spiro atoms. The molecule has 0 saturated carbocycles. The molecule has 1 aliphatic rings. The molecule has 1 unspecified atom stereocenters. The topological polar surface area (TPSA) is 106 Å². The van der Waals surface area contributed by atoms with Gasteiger partial charge >= 0.3 is 11.9 Å². The summed E-state index contributed by atoms with van der Waals surface area (Å²) in [6, 6.07) is 14.5. The van der Waals surface area contributed by atoms with Crippen molar-refractivity contribution in [2.45, 2.75) is 19.9 Å². The van der Waals surface area contributed by atoms with E-state index in [-0.39, 0.29) is 27.9 Å². The van der Waals surface area contributed by atoms with Crippen molar-refractivity contribution in [2.75, 3.05) is 18.6 Å². The van der Waals surface area contributed by atoms with Crippen molar-refractivity contribution in [2.24, 2.45) is 0 Å². The molecule has 8 nitrogen and oxygen atoms in total. The van der Waals surface area contributed by atoms with Gasteiger partial charge in [-0.3, -0.25) is 14.5 Å². The number of aliphatic hydroxyl groups excluding tert-OH is 1. The number of aromatic nitrogens is 1. The number of aliphatic hydroxyl groups is 1. The van der Waals surface area contributed by atoms with Crippen molar-refractivity contribution < 1.29 is 29.0 Å². The Morgan fingerprint density at radius 3 is 2.41 bits per heavy atom. The quantitative estimate of drug-likeness (QED) is 0.244. The van der Waals surface area contributed by atoms with E-state index in [1.807, 2.05) is 6.07 Å². The van der Waals surface area contributed by atoms with Crippen LogP contribution in [0.4, 0.5) is 5.13 Å². The monoisotopic (exact) mass is 478 g/mol. The van der Waals surface area contributed by atoms with Gasteiger partial charge in [-0.2, -0.15) is 0 Å². The Bertz CT molecular complexity index is 1280. The van der Waals surface area contributed by atoms with Crippen LogP contribution in [0.3, 0.4) is 0 Å². The summed E-state index contributed by atoms with van der Waals surface area (Å²) in [5, 5.41) is 11.3. The Labute approximate surface area is 200 Å². The Kier molecular flexibility index (Phi) is 6.47. The highest BCUT2D eigenvalue weighted by Crippen LogP contribution is 2.43. The highest BCUT2D eigenvalue weighted by molar-refractivity contribution is 7.17. The number of aryl methyl sites for hydroxylation is 1. The lowest BCUT2D eigenvalue weighted by Gasteiger charge is -2.23. The van der Waals surface area contributed by atoms with Crippen molar-refractivity contribution in [1.82, 2.24) is 4.98 Å². The Morgan fingerprint density at radius 2 is 1.79 bits per heavy atom. The van der Waals surface area contributed by atoms with Gasteiger partial charge in [0.15, 0.2) is 5.13 Å². The van der Waals surface area contributed by atoms with Gasteiger partial charge in [0.2, 0.25) is 0 Å². The number of carbonyl (C=O) groups is 3. The van der Waals surface area contributed by atoms with Gasteiger partial charge in [0.05, 0.1) is 31.0 Å². The van der Waals surface area contributed by atoms with Gasteiger partial charge in [-0.15, -0.1) is 0 Å². The molecule has 1 aromatic heterocycles. The van der Waals surface area contributed by atoms with Crippen LogP contribution in [0, 0.1) is 6.92 Å². The van der Waals surface area contributed by atoms with Crippen LogP contribution in [-0.4, -0.2) is 41.5 Å². The number of esters is 1. The minimum atomic E-state index is -0.927. The Morgan fingerprint density at radius 1 is 1.12 bits per heavy atom. The van der Waals surface area contributed by atoms with Crippen molar-refractivity contribution in [3.05, 3.63) is 81.9 Å². The van der Waals surface area contributed by atoms with Gasteiger partial charge in [0, 0.05) is 5.56 Å². The molecule has 0 radical (unpaired) electrons. The van der Waals surface area contributed by atoms with E-state index < -0.39 is 23.7 Å². The largest absolute Gasteiger partial charge is 0.507 e. The van der Waals surface area contributed by atoms with E-state index in [1.165, 1.54) is 12.0 Å². The van der Waals surface area contributed by atoms with Crippen LogP contribution >= 0.6 is 11.3 Å². The molecule has 4 rings (SSSR count). The molecule has 0 aliphatic carbocycles. The van der Waals surface area contributed by atoms with E-state index in [0.717, 1.165) is 11.3 Å². The molecule has 1 N–H and O–H groups in total. The van der Waals surface area contributed by atoms with Crippen molar-refractivity contribution in [3.8, 4) is 5.75 Å². The maximum absolute atomic E-state index is 13.2. The second-order valence-electron chi connectivity index (χ2n) is 7.44. The van der Waals surface area contributed by atoms with Crippen LogP contribution in [-0.2, 0) is 14.3 Å². The summed E-state index contributed by atoms with van der Waals surface area (Å²) in [4.78, 5) is 44.6. The summed E-state index contributed by atoms with van der Waals surface area (Å²) >= 11 is 0.970. The number of nitrogens with zero attached hydrogens (tertiary/aromatic N) is 2. The minimum Gasteiger partial charge on any atom is -0.507 e. The fourth-order valence-electron chi connectivity index (χ4n) is 3.76. The number of ether oxygens (including phenoxy) is 2. The van der Waals surface area contributed by atoms with Crippen LogP contribution in [0.25, 0.3) is 5.76 Å². The lowest BCUT2D eigenvalue weighted by molar-refractivity contribution is -0.132. The van der Waals surface area contributed by atoms with E-state index in [9.17, 15) is 19.5 Å². The van der Waals surface area contributed by atoms with Crippen LogP contribution in [0.5, 0.6) is 5.75 Å². The summed E-state index contributed by atoms with van der Waals surface area (Å²) in [7, 11) is 1.52. The van der Waals surface area contributed by atoms with Gasteiger partial charge in [-0.1, -0.05) is 41.7 Å². The van der Waals surface area contributed by atoms with Gasteiger partial charge in [-0.05, 0) is 43.7 Å². The number of carbonyl (C=O) groups excluding carboxylic acids is 3. The number of thiazole rings is 1. The smallest absolute Gasteiger partial charge is 0.350 e. The number of anilines is 1. The minimum absolute atomic E-state index is 0.0631. The molecule has 3 aromatic rings. The zero-order valence-electron chi connectivity index (χ0n) is 18.8. The number of ketones is 1.